The van der Waals surface area contributed by atoms with E-state index >= 15 is 0 Å². The lowest BCUT2D eigenvalue weighted by Gasteiger charge is -2.35. The molecule has 140 valence electrons. The molecule has 1 fully saturated rings. The summed E-state index contributed by atoms with van der Waals surface area (Å²) in [6.45, 7) is 7.80. The second-order valence-electron chi connectivity index (χ2n) is 7.09. The average molecular weight is 356 g/mol. The SMILES string of the molecule is CC1CCN(C(C)CNC(=O)NCc2cccnc2-n2ccnc2)CC1. The first-order chi connectivity index (χ1) is 12.6. The minimum Gasteiger partial charge on any atom is -0.337 e. The zero-order valence-electron chi connectivity index (χ0n) is 15.6. The Kier molecular flexibility index (Phi) is 6.22. The van der Waals surface area contributed by atoms with Crippen LogP contribution in [-0.2, 0) is 6.54 Å². The van der Waals surface area contributed by atoms with Gasteiger partial charge >= 0.3 is 6.03 Å². The average Bonchev–Trinajstić information content (AvgIpc) is 3.20. The molecule has 7 nitrogen and oxygen atoms in total. The number of nitrogens with zero attached hydrogens (tertiary/aromatic N) is 4. The van der Waals surface area contributed by atoms with E-state index in [1.54, 1.807) is 18.7 Å². The Bertz CT molecular complexity index is 694. The first-order valence-corrected chi connectivity index (χ1v) is 9.31. The van der Waals surface area contributed by atoms with E-state index < -0.39 is 0 Å². The molecule has 2 aromatic heterocycles. The van der Waals surface area contributed by atoms with Gasteiger partial charge in [-0.25, -0.2) is 14.8 Å². The molecule has 2 aromatic rings. The van der Waals surface area contributed by atoms with Gasteiger partial charge in [0.25, 0.3) is 0 Å². The van der Waals surface area contributed by atoms with Crippen LogP contribution in [0, 0.1) is 5.92 Å². The summed E-state index contributed by atoms with van der Waals surface area (Å²) in [6.07, 6.45) is 9.48. The second kappa shape index (κ2) is 8.80. The number of hydrogen-bond acceptors (Lipinski definition) is 4. The van der Waals surface area contributed by atoms with Crippen LogP contribution in [0.4, 0.5) is 4.79 Å². The van der Waals surface area contributed by atoms with Gasteiger partial charge in [-0.15, -0.1) is 0 Å². The van der Waals surface area contributed by atoms with E-state index in [1.165, 1.54) is 12.8 Å². The lowest BCUT2D eigenvalue weighted by molar-refractivity contribution is 0.145. The number of aromatic nitrogens is 3. The van der Waals surface area contributed by atoms with Crippen molar-refractivity contribution in [2.75, 3.05) is 19.6 Å². The highest BCUT2D eigenvalue weighted by molar-refractivity contribution is 5.73. The summed E-state index contributed by atoms with van der Waals surface area (Å²) in [5.41, 5.74) is 0.943. The number of piperidine rings is 1. The van der Waals surface area contributed by atoms with Crippen molar-refractivity contribution in [3.05, 3.63) is 42.6 Å². The van der Waals surface area contributed by atoms with E-state index in [0.717, 1.165) is 30.4 Å². The Morgan fingerprint density at radius 2 is 2.12 bits per heavy atom. The number of likely N-dealkylation sites (tertiary alicyclic amines) is 1. The quantitative estimate of drug-likeness (QED) is 0.832. The summed E-state index contributed by atoms with van der Waals surface area (Å²) < 4.78 is 1.84. The van der Waals surface area contributed by atoms with E-state index in [2.05, 4.69) is 39.3 Å². The number of amides is 2. The third-order valence-electron chi connectivity index (χ3n) is 5.06. The molecule has 3 rings (SSSR count). The molecule has 1 atom stereocenters. The predicted molar refractivity (Wildman–Crippen MR) is 101 cm³/mol. The van der Waals surface area contributed by atoms with Crippen molar-refractivity contribution in [3.63, 3.8) is 0 Å². The summed E-state index contributed by atoms with van der Waals surface area (Å²) in [6, 6.07) is 4.03. The molecule has 1 saturated heterocycles. The van der Waals surface area contributed by atoms with Crippen molar-refractivity contribution in [1.29, 1.82) is 0 Å². The van der Waals surface area contributed by atoms with Gasteiger partial charge in [-0.3, -0.25) is 9.47 Å². The van der Waals surface area contributed by atoms with Crippen molar-refractivity contribution in [2.45, 2.75) is 39.3 Å². The van der Waals surface area contributed by atoms with Gasteiger partial charge in [0.1, 0.15) is 12.1 Å². The summed E-state index contributed by atoms with van der Waals surface area (Å²) in [7, 11) is 0. The van der Waals surface area contributed by atoms with E-state index in [9.17, 15) is 4.79 Å². The van der Waals surface area contributed by atoms with Gasteiger partial charge in [0.15, 0.2) is 0 Å². The smallest absolute Gasteiger partial charge is 0.315 e. The maximum atomic E-state index is 12.2. The van der Waals surface area contributed by atoms with Crippen LogP contribution < -0.4 is 10.6 Å². The van der Waals surface area contributed by atoms with Gasteiger partial charge < -0.3 is 10.6 Å². The highest BCUT2D eigenvalue weighted by Gasteiger charge is 2.20. The van der Waals surface area contributed by atoms with Crippen LogP contribution in [0.1, 0.15) is 32.3 Å². The lowest BCUT2D eigenvalue weighted by Crippen LogP contribution is -2.47. The van der Waals surface area contributed by atoms with Crippen LogP contribution in [0.3, 0.4) is 0 Å². The molecule has 26 heavy (non-hydrogen) atoms. The van der Waals surface area contributed by atoms with Gasteiger partial charge in [-0.2, -0.15) is 0 Å². The fraction of sp³-hybridized carbons (Fsp3) is 0.526. The number of carbonyl (C=O) groups excluding carboxylic acids is 1. The molecule has 7 heteroatoms. The largest absolute Gasteiger partial charge is 0.337 e. The van der Waals surface area contributed by atoms with Crippen LogP contribution in [0.5, 0.6) is 0 Å². The van der Waals surface area contributed by atoms with Crippen molar-refractivity contribution >= 4 is 6.03 Å². The predicted octanol–water partition coefficient (Wildman–Crippen LogP) is 2.19. The Morgan fingerprint density at radius 1 is 1.31 bits per heavy atom. The highest BCUT2D eigenvalue weighted by Crippen LogP contribution is 2.17. The molecule has 1 aliphatic rings. The zero-order chi connectivity index (χ0) is 18.4. The monoisotopic (exact) mass is 356 g/mol. The molecule has 3 heterocycles. The third-order valence-corrected chi connectivity index (χ3v) is 5.06. The molecular weight excluding hydrogens is 328 g/mol. The van der Waals surface area contributed by atoms with Crippen molar-refractivity contribution < 1.29 is 4.79 Å². The first kappa shape index (κ1) is 18.4. The van der Waals surface area contributed by atoms with Crippen LogP contribution in [0.15, 0.2) is 37.1 Å². The fourth-order valence-electron chi connectivity index (χ4n) is 3.26. The summed E-state index contributed by atoms with van der Waals surface area (Å²) in [5, 5.41) is 5.91. The number of urea groups is 1. The minimum absolute atomic E-state index is 0.150. The van der Waals surface area contributed by atoms with E-state index in [4.69, 9.17) is 0 Å². The molecule has 0 aliphatic carbocycles. The summed E-state index contributed by atoms with van der Waals surface area (Å²) in [5.74, 6) is 1.60. The number of pyridine rings is 1. The molecule has 0 radical (unpaired) electrons. The number of imidazole rings is 1. The zero-order valence-corrected chi connectivity index (χ0v) is 15.6. The lowest BCUT2D eigenvalue weighted by atomic mass is 9.98. The molecule has 2 amide bonds. The third kappa shape index (κ3) is 4.82. The standard InChI is InChI=1S/C19H28N6O/c1-15-5-9-24(10-6-15)16(2)12-22-19(26)23-13-17-4-3-7-21-18(17)25-11-8-20-14-25/h3-4,7-8,11,14-16H,5-6,9-10,12-13H2,1-2H3,(H2,22,23,26). The maximum Gasteiger partial charge on any atom is 0.315 e. The van der Waals surface area contributed by atoms with Gasteiger partial charge in [0.2, 0.25) is 0 Å². The second-order valence-corrected chi connectivity index (χ2v) is 7.09. The van der Waals surface area contributed by atoms with Crippen molar-refractivity contribution in [3.8, 4) is 5.82 Å². The summed E-state index contributed by atoms with van der Waals surface area (Å²) >= 11 is 0. The molecule has 0 bridgehead atoms. The Labute approximate surface area is 154 Å². The van der Waals surface area contributed by atoms with Crippen LogP contribution in [0.25, 0.3) is 5.82 Å². The number of nitrogens with one attached hydrogen (secondary N) is 2. The van der Waals surface area contributed by atoms with Crippen LogP contribution in [-0.4, -0.2) is 51.1 Å². The van der Waals surface area contributed by atoms with Gasteiger partial charge in [0, 0.05) is 43.3 Å². The van der Waals surface area contributed by atoms with E-state index in [1.807, 2.05) is 22.9 Å². The van der Waals surface area contributed by atoms with E-state index in [-0.39, 0.29) is 6.03 Å². The molecule has 1 aliphatic heterocycles. The highest BCUT2D eigenvalue weighted by atomic mass is 16.2. The molecule has 1 unspecified atom stereocenters. The maximum absolute atomic E-state index is 12.2. The Morgan fingerprint density at radius 3 is 2.85 bits per heavy atom. The normalized spacial score (nSPS) is 17.0. The first-order valence-electron chi connectivity index (χ1n) is 9.31. The Balaban J connectivity index is 1.46. The van der Waals surface area contributed by atoms with Gasteiger partial charge in [0.05, 0.1) is 0 Å². The molecular formula is C19H28N6O. The van der Waals surface area contributed by atoms with Gasteiger partial charge in [-0.05, 0) is 44.8 Å². The van der Waals surface area contributed by atoms with Crippen molar-refractivity contribution in [1.82, 2.24) is 30.1 Å². The molecule has 0 aromatic carbocycles. The van der Waals surface area contributed by atoms with E-state index in [0.29, 0.717) is 19.1 Å². The fourth-order valence-corrected chi connectivity index (χ4v) is 3.26. The minimum atomic E-state index is -0.150. The number of hydrogen-bond donors (Lipinski definition) is 2. The summed E-state index contributed by atoms with van der Waals surface area (Å²) in [4.78, 5) is 23.1. The van der Waals surface area contributed by atoms with Crippen LogP contribution in [0.2, 0.25) is 0 Å². The number of carbonyl (C=O) groups is 1. The van der Waals surface area contributed by atoms with Crippen molar-refractivity contribution in [2.24, 2.45) is 5.92 Å². The number of rotatable bonds is 6. The van der Waals surface area contributed by atoms with Gasteiger partial charge in [-0.1, -0.05) is 13.0 Å². The topological polar surface area (TPSA) is 75.1 Å². The van der Waals surface area contributed by atoms with Crippen LogP contribution >= 0.6 is 0 Å². The molecule has 0 spiro atoms. The Hall–Kier alpha value is -2.41. The molecule has 2 N–H and O–H groups in total. The molecule has 0 saturated carbocycles.